The summed E-state index contributed by atoms with van der Waals surface area (Å²) < 4.78 is 32.8. The first-order valence-electron chi connectivity index (χ1n) is 10.1. The van der Waals surface area contributed by atoms with Gasteiger partial charge >= 0.3 is 0 Å². The van der Waals surface area contributed by atoms with Gasteiger partial charge in [-0.05, 0) is 29.3 Å². The maximum absolute atomic E-state index is 12.1. The normalized spacial score (nSPS) is 16.3. The Balaban J connectivity index is 1.46. The number of nitrogens with zero attached hydrogens (tertiary/aromatic N) is 3. The fourth-order valence-corrected chi connectivity index (χ4v) is 4.81. The molecule has 1 aliphatic heterocycles. The second kappa shape index (κ2) is 9.27. The summed E-state index contributed by atoms with van der Waals surface area (Å²) in [5.41, 5.74) is 1.87. The molecule has 11 heteroatoms. The lowest BCUT2D eigenvalue weighted by atomic mass is 10.1. The third kappa shape index (κ3) is 4.77. The molecule has 1 fully saturated rings. The van der Waals surface area contributed by atoms with Crippen LogP contribution >= 0.6 is 11.6 Å². The van der Waals surface area contributed by atoms with Gasteiger partial charge in [-0.2, -0.15) is 5.10 Å². The number of halogens is 1. The summed E-state index contributed by atoms with van der Waals surface area (Å²) in [4.78, 5) is 18.2. The number of benzene rings is 1. The smallest absolute Gasteiger partial charge is 0.285 e. The number of nitrogens with one attached hydrogen (secondary N) is 2. The molecule has 0 aliphatic carbocycles. The fraction of sp³-hybridized carbons (Fsp3) is 0.286. The monoisotopic (exact) mass is 475 g/mol. The van der Waals surface area contributed by atoms with E-state index in [9.17, 15) is 13.2 Å². The van der Waals surface area contributed by atoms with E-state index in [1.807, 2.05) is 17.0 Å². The van der Waals surface area contributed by atoms with E-state index >= 15 is 0 Å². The molecule has 32 heavy (non-hydrogen) atoms. The predicted octanol–water partition coefficient (Wildman–Crippen LogP) is 2.44. The first-order valence-corrected chi connectivity index (χ1v) is 11.9. The van der Waals surface area contributed by atoms with Crippen LogP contribution in [0.5, 0.6) is 5.88 Å². The molecule has 1 atom stereocenters. The van der Waals surface area contributed by atoms with Crippen molar-refractivity contribution < 1.29 is 13.2 Å². The summed E-state index contributed by atoms with van der Waals surface area (Å²) in [5, 5.41) is 6.24. The molecule has 0 saturated carbocycles. The van der Waals surface area contributed by atoms with Crippen LogP contribution in [0.4, 0.5) is 5.69 Å². The zero-order chi connectivity index (χ0) is 22.7. The highest BCUT2D eigenvalue weighted by molar-refractivity contribution is 7.89. The Morgan fingerprint density at radius 2 is 2.03 bits per heavy atom. The number of hydrogen-bond acceptors (Lipinski definition) is 7. The Kier molecular flexibility index (Phi) is 6.45. The van der Waals surface area contributed by atoms with Gasteiger partial charge in [0, 0.05) is 31.8 Å². The van der Waals surface area contributed by atoms with Crippen LogP contribution in [0.15, 0.2) is 58.5 Å². The van der Waals surface area contributed by atoms with Gasteiger partial charge in [0.05, 0.1) is 23.3 Å². The van der Waals surface area contributed by atoms with Gasteiger partial charge in [-0.1, -0.05) is 30.7 Å². The van der Waals surface area contributed by atoms with Gasteiger partial charge in [0.1, 0.15) is 11.1 Å². The predicted molar refractivity (Wildman–Crippen MR) is 122 cm³/mol. The number of anilines is 1. The number of pyridine rings is 1. The zero-order valence-corrected chi connectivity index (χ0v) is 18.9. The van der Waals surface area contributed by atoms with Crippen LogP contribution in [0.2, 0.25) is 5.02 Å². The third-order valence-corrected chi connectivity index (χ3v) is 7.04. The maximum atomic E-state index is 12.1. The Bertz CT molecular complexity index is 1260. The molecule has 168 valence electrons. The van der Waals surface area contributed by atoms with Crippen molar-refractivity contribution in [1.29, 1.82) is 0 Å². The molecular weight excluding hydrogens is 454 g/mol. The van der Waals surface area contributed by atoms with Crippen molar-refractivity contribution in [2.75, 3.05) is 24.5 Å². The number of hydrogen-bond donors (Lipinski definition) is 2. The number of H-pyrrole nitrogens is 1. The van der Waals surface area contributed by atoms with Crippen molar-refractivity contribution in [3.63, 3.8) is 0 Å². The van der Waals surface area contributed by atoms with E-state index < -0.39 is 15.6 Å². The molecule has 2 aromatic heterocycles. The van der Waals surface area contributed by atoms with E-state index in [-0.39, 0.29) is 16.0 Å². The highest BCUT2D eigenvalue weighted by Gasteiger charge is 2.27. The van der Waals surface area contributed by atoms with Crippen molar-refractivity contribution in [3.8, 4) is 17.0 Å². The molecule has 1 aliphatic rings. The first-order chi connectivity index (χ1) is 15.4. The van der Waals surface area contributed by atoms with Crippen molar-refractivity contribution in [2.45, 2.75) is 24.3 Å². The number of aromatic nitrogens is 3. The van der Waals surface area contributed by atoms with Crippen LogP contribution < -0.4 is 19.9 Å². The van der Waals surface area contributed by atoms with Crippen LogP contribution in [-0.2, 0) is 10.0 Å². The second-order valence-corrected chi connectivity index (χ2v) is 9.43. The SMILES string of the molecule is CCNS(=O)(=O)c1ccc(-c2ccnc(O[C@@H]3CCN(c4cn[nH]c(=O)c4Cl)C3)c2)cc1. The summed E-state index contributed by atoms with van der Waals surface area (Å²) in [7, 11) is -3.49. The van der Waals surface area contributed by atoms with E-state index in [2.05, 4.69) is 19.9 Å². The van der Waals surface area contributed by atoms with Gasteiger partial charge in [0.25, 0.3) is 5.56 Å². The van der Waals surface area contributed by atoms with Crippen molar-refractivity contribution in [2.24, 2.45) is 0 Å². The van der Waals surface area contributed by atoms with Gasteiger partial charge in [-0.3, -0.25) is 4.79 Å². The molecule has 0 radical (unpaired) electrons. The van der Waals surface area contributed by atoms with Gasteiger partial charge in [-0.25, -0.2) is 23.2 Å². The highest BCUT2D eigenvalue weighted by Crippen LogP contribution is 2.28. The quantitative estimate of drug-likeness (QED) is 0.539. The maximum Gasteiger partial charge on any atom is 0.285 e. The topological polar surface area (TPSA) is 117 Å². The summed E-state index contributed by atoms with van der Waals surface area (Å²) in [5.74, 6) is 0.467. The van der Waals surface area contributed by atoms with Gasteiger partial charge in [-0.15, -0.1) is 0 Å². The van der Waals surface area contributed by atoms with Gasteiger partial charge in [0.2, 0.25) is 15.9 Å². The average Bonchev–Trinajstić information content (AvgIpc) is 3.24. The minimum absolute atomic E-state index is 0.111. The van der Waals surface area contributed by atoms with E-state index in [4.69, 9.17) is 16.3 Å². The lowest BCUT2D eigenvalue weighted by molar-refractivity contribution is 0.216. The van der Waals surface area contributed by atoms with E-state index in [0.29, 0.717) is 31.2 Å². The molecule has 1 saturated heterocycles. The van der Waals surface area contributed by atoms with E-state index in [1.165, 1.54) is 6.20 Å². The van der Waals surface area contributed by atoms with Crippen LogP contribution in [0.3, 0.4) is 0 Å². The molecule has 0 spiro atoms. The summed E-state index contributed by atoms with van der Waals surface area (Å²) >= 11 is 6.11. The number of rotatable bonds is 7. The van der Waals surface area contributed by atoms with E-state index in [1.54, 1.807) is 37.4 Å². The largest absolute Gasteiger partial charge is 0.472 e. The Labute approximate surface area is 190 Å². The molecule has 0 bridgehead atoms. The standard InChI is InChI=1S/C21H22ClN5O4S/c1-2-25-32(29,30)17-5-3-14(4-6-17)15-7-9-23-19(11-15)31-16-8-10-27(13-16)18-12-24-26-21(28)20(18)22/h3-7,9,11-12,16,25H,2,8,10,13H2,1H3,(H,26,28)/t16-/m1/s1. The third-order valence-electron chi connectivity index (χ3n) is 5.12. The molecule has 0 unspecified atom stereocenters. The molecule has 0 amide bonds. The molecule has 2 N–H and O–H groups in total. The molecule has 3 heterocycles. The van der Waals surface area contributed by atoms with E-state index in [0.717, 1.165) is 17.5 Å². The minimum Gasteiger partial charge on any atom is -0.472 e. The number of sulfonamides is 1. The summed E-state index contributed by atoms with van der Waals surface area (Å²) in [6.45, 7) is 3.29. The second-order valence-electron chi connectivity index (χ2n) is 7.28. The van der Waals surface area contributed by atoms with Crippen LogP contribution in [0.25, 0.3) is 11.1 Å². The van der Waals surface area contributed by atoms with Gasteiger partial charge < -0.3 is 9.64 Å². The molecular formula is C21H22ClN5O4S. The van der Waals surface area contributed by atoms with Gasteiger partial charge in [0.15, 0.2) is 0 Å². The number of aromatic amines is 1. The Morgan fingerprint density at radius 3 is 2.78 bits per heavy atom. The first kappa shape index (κ1) is 22.3. The van der Waals surface area contributed by atoms with Crippen LogP contribution in [0, 0.1) is 0 Å². The lowest BCUT2D eigenvalue weighted by Crippen LogP contribution is -2.26. The molecule has 1 aromatic carbocycles. The lowest BCUT2D eigenvalue weighted by Gasteiger charge is -2.19. The van der Waals surface area contributed by atoms with Crippen LogP contribution in [-0.4, -0.2) is 49.3 Å². The average molecular weight is 476 g/mol. The van der Waals surface area contributed by atoms with Crippen molar-refractivity contribution >= 4 is 27.3 Å². The Morgan fingerprint density at radius 1 is 1.25 bits per heavy atom. The minimum atomic E-state index is -3.49. The highest BCUT2D eigenvalue weighted by atomic mass is 35.5. The molecule has 3 aromatic rings. The molecule has 9 nitrogen and oxygen atoms in total. The summed E-state index contributed by atoms with van der Waals surface area (Å²) in [6.07, 6.45) is 3.80. The zero-order valence-electron chi connectivity index (χ0n) is 17.3. The fourth-order valence-electron chi connectivity index (χ4n) is 3.56. The molecule has 4 rings (SSSR count). The number of ether oxygens (including phenoxy) is 1. The Hall–Kier alpha value is -2.95. The van der Waals surface area contributed by atoms with Crippen molar-refractivity contribution in [3.05, 3.63) is 64.2 Å². The van der Waals surface area contributed by atoms with Crippen molar-refractivity contribution in [1.82, 2.24) is 19.9 Å². The summed E-state index contributed by atoms with van der Waals surface area (Å²) in [6, 6.07) is 10.3. The van der Waals surface area contributed by atoms with Crippen LogP contribution in [0.1, 0.15) is 13.3 Å².